The predicted molar refractivity (Wildman–Crippen MR) is 72.1 cm³/mol. The molecule has 8 nitrogen and oxygen atoms in total. The van der Waals surface area contributed by atoms with Crippen LogP contribution in [0.4, 0.5) is 11.4 Å². The van der Waals surface area contributed by atoms with Crippen molar-refractivity contribution in [3.63, 3.8) is 0 Å². The number of para-hydroxylation sites is 1. The van der Waals surface area contributed by atoms with Gasteiger partial charge >= 0.3 is 5.69 Å². The monoisotopic (exact) mass is 299 g/mol. The molecule has 1 heterocycles. The number of sulfone groups is 1. The van der Waals surface area contributed by atoms with E-state index in [1.54, 1.807) is 0 Å². The Morgan fingerprint density at radius 2 is 1.90 bits per heavy atom. The average molecular weight is 299 g/mol. The van der Waals surface area contributed by atoms with Crippen molar-refractivity contribution in [2.45, 2.75) is 0 Å². The summed E-state index contributed by atoms with van der Waals surface area (Å²) < 4.78 is 22.6. The molecule has 0 saturated carbocycles. The number of anilines is 1. The molecule has 108 valence electrons. The van der Waals surface area contributed by atoms with Gasteiger partial charge < -0.3 is 10.6 Å². The first-order valence-electron chi connectivity index (χ1n) is 5.84. The molecule has 20 heavy (non-hydrogen) atoms. The molecule has 9 heteroatoms. The second-order valence-corrected chi connectivity index (χ2v) is 6.75. The zero-order valence-corrected chi connectivity index (χ0v) is 11.3. The van der Waals surface area contributed by atoms with Crippen molar-refractivity contribution in [1.82, 2.24) is 4.90 Å². The van der Waals surface area contributed by atoms with Crippen LogP contribution in [0.3, 0.4) is 0 Å². The van der Waals surface area contributed by atoms with Crippen LogP contribution in [0.5, 0.6) is 0 Å². The highest BCUT2D eigenvalue weighted by atomic mass is 32.2. The predicted octanol–water partition coefficient (Wildman–Crippen LogP) is 0.0476. The van der Waals surface area contributed by atoms with E-state index in [-0.39, 0.29) is 35.8 Å². The zero-order valence-electron chi connectivity index (χ0n) is 10.5. The van der Waals surface area contributed by atoms with Crippen molar-refractivity contribution in [2.75, 3.05) is 30.3 Å². The molecular weight excluding hydrogens is 286 g/mol. The van der Waals surface area contributed by atoms with Gasteiger partial charge in [-0.2, -0.15) is 0 Å². The van der Waals surface area contributed by atoms with Crippen LogP contribution >= 0.6 is 0 Å². The number of amides is 1. The molecule has 1 saturated heterocycles. The topological polar surface area (TPSA) is 124 Å². The largest absolute Gasteiger partial charge is 0.393 e. The van der Waals surface area contributed by atoms with Crippen LogP contribution in [-0.4, -0.2) is 48.7 Å². The summed E-state index contributed by atoms with van der Waals surface area (Å²) in [4.78, 5) is 23.8. The van der Waals surface area contributed by atoms with Gasteiger partial charge in [0, 0.05) is 13.1 Å². The summed E-state index contributed by atoms with van der Waals surface area (Å²) in [6.07, 6.45) is 0. The van der Waals surface area contributed by atoms with Crippen LogP contribution in [0.15, 0.2) is 18.2 Å². The lowest BCUT2D eigenvalue weighted by molar-refractivity contribution is -0.384. The number of hydrogen-bond donors (Lipinski definition) is 1. The molecule has 1 aromatic rings. The highest BCUT2D eigenvalue weighted by molar-refractivity contribution is 7.91. The molecule has 1 amide bonds. The fraction of sp³-hybridized carbons (Fsp3) is 0.364. The second-order valence-electron chi connectivity index (χ2n) is 4.44. The number of rotatable bonds is 2. The number of nitro groups is 1. The summed E-state index contributed by atoms with van der Waals surface area (Å²) in [6.45, 7) is 0.0697. The number of carbonyl (C=O) groups is 1. The Morgan fingerprint density at radius 1 is 1.30 bits per heavy atom. The number of carbonyl (C=O) groups excluding carboxylic acids is 1. The number of nitro benzene ring substituents is 1. The van der Waals surface area contributed by atoms with Gasteiger partial charge in [-0.25, -0.2) is 8.42 Å². The molecule has 0 aromatic heterocycles. The summed E-state index contributed by atoms with van der Waals surface area (Å²) in [5, 5.41) is 11.0. The minimum Gasteiger partial charge on any atom is -0.393 e. The van der Waals surface area contributed by atoms with Gasteiger partial charge in [0.05, 0.1) is 16.4 Å². The highest BCUT2D eigenvalue weighted by Crippen LogP contribution is 2.27. The van der Waals surface area contributed by atoms with Gasteiger partial charge in [0.15, 0.2) is 9.84 Å². The fourth-order valence-electron chi connectivity index (χ4n) is 2.02. The Bertz CT molecular complexity index is 657. The van der Waals surface area contributed by atoms with Gasteiger partial charge in [0.25, 0.3) is 5.91 Å². The van der Waals surface area contributed by atoms with E-state index >= 15 is 0 Å². The molecule has 1 aromatic carbocycles. The molecule has 1 fully saturated rings. The lowest BCUT2D eigenvalue weighted by Gasteiger charge is -2.26. The first-order valence-corrected chi connectivity index (χ1v) is 7.66. The molecule has 0 spiro atoms. The van der Waals surface area contributed by atoms with Crippen LogP contribution in [-0.2, 0) is 9.84 Å². The third-order valence-corrected chi connectivity index (χ3v) is 4.72. The summed E-state index contributed by atoms with van der Waals surface area (Å²) in [6, 6.07) is 4.12. The Labute approximate surface area is 115 Å². The molecule has 2 rings (SSSR count). The van der Waals surface area contributed by atoms with E-state index < -0.39 is 26.4 Å². The van der Waals surface area contributed by atoms with Crippen LogP contribution in [0.2, 0.25) is 0 Å². The van der Waals surface area contributed by atoms with Crippen molar-refractivity contribution in [1.29, 1.82) is 0 Å². The lowest BCUT2D eigenvalue weighted by atomic mass is 10.1. The third kappa shape index (κ3) is 2.72. The Kier molecular flexibility index (Phi) is 3.62. The number of benzene rings is 1. The smallest absolute Gasteiger partial charge is 0.304 e. The molecule has 0 atom stereocenters. The Morgan fingerprint density at radius 3 is 2.45 bits per heavy atom. The van der Waals surface area contributed by atoms with E-state index in [0.29, 0.717) is 0 Å². The van der Waals surface area contributed by atoms with Gasteiger partial charge in [0.1, 0.15) is 11.3 Å². The molecule has 0 unspecified atom stereocenters. The second kappa shape index (κ2) is 5.08. The minimum atomic E-state index is -3.12. The van der Waals surface area contributed by atoms with E-state index in [4.69, 9.17) is 5.73 Å². The van der Waals surface area contributed by atoms with Crippen molar-refractivity contribution >= 4 is 27.1 Å². The van der Waals surface area contributed by atoms with Crippen LogP contribution in [0, 0.1) is 10.1 Å². The first kappa shape index (κ1) is 14.3. The molecular formula is C11H13N3O5S. The maximum absolute atomic E-state index is 12.3. The standard InChI is InChI=1S/C11H13N3O5S/c12-9-3-1-2-8(10(9)14(16)17)11(15)13-4-6-20(18,19)7-5-13/h1-3H,4-7,12H2. The minimum absolute atomic E-state index is 0.0348. The van der Waals surface area contributed by atoms with Crippen molar-refractivity contribution < 1.29 is 18.1 Å². The van der Waals surface area contributed by atoms with Gasteiger partial charge in [-0.1, -0.05) is 6.07 Å². The summed E-state index contributed by atoms with van der Waals surface area (Å²) >= 11 is 0. The Balaban J connectivity index is 2.31. The van der Waals surface area contributed by atoms with Gasteiger partial charge in [-0.15, -0.1) is 0 Å². The molecule has 0 radical (unpaired) electrons. The third-order valence-electron chi connectivity index (χ3n) is 3.11. The zero-order chi connectivity index (χ0) is 14.9. The molecule has 2 N–H and O–H groups in total. The van der Waals surface area contributed by atoms with Gasteiger partial charge in [-0.05, 0) is 12.1 Å². The van der Waals surface area contributed by atoms with Crippen LogP contribution in [0.25, 0.3) is 0 Å². The SMILES string of the molecule is Nc1cccc(C(=O)N2CCS(=O)(=O)CC2)c1[N+](=O)[O-]. The number of nitrogens with two attached hydrogens (primary N) is 1. The van der Waals surface area contributed by atoms with Crippen molar-refractivity contribution in [3.8, 4) is 0 Å². The number of nitrogens with zero attached hydrogens (tertiary/aromatic N) is 2. The molecule has 0 aliphatic carbocycles. The van der Waals surface area contributed by atoms with Crippen molar-refractivity contribution in [2.24, 2.45) is 0 Å². The molecule has 1 aliphatic rings. The number of hydrogen-bond acceptors (Lipinski definition) is 6. The molecule has 0 bridgehead atoms. The maximum atomic E-state index is 12.3. The summed E-state index contributed by atoms with van der Waals surface area (Å²) in [5.41, 5.74) is 4.88. The lowest BCUT2D eigenvalue weighted by Crippen LogP contribution is -2.43. The summed E-state index contributed by atoms with van der Waals surface area (Å²) in [7, 11) is -3.12. The van der Waals surface area contributed by atoms with E-state index in [1.165, 1.54) is 23.1 Å². The number of nitrogen functional groups attached to an aromatic ring is 1. The highest BCUT2D eigenvalue weighted by Gasteiger charge is 2.30. The molecule has 1 aliphatic heterocycles. The van der Waals surface area contributed by atoms with Gasteiger partial charge in [0.2, 0.25) is 0 Å². The quantitative estimate of drug-likeness (QED) is 0.467. The van der Waals surface area contributed by atoms with Crippen LogP contribution < -0.4 is 5.73 Å². The Hall–Kier alpha value is -2.16. The van der Waals surface area contributed by atoms with Crippen LogP contribution in [0.1, 0.15) is 10.4 Å². The average Bonchev–Trinajstić information content (AvgIpc) is 2.37. The summed E-state index contributed by atoms with van der Waals surface area (Å²) in [5.74, 6) is -0.831. The van der Waals surface area contributed by atoms with Gasteiger partial charge in [-0.3, -0.25) is 14.9 Å². The normalized spacial score (nSPS) is 17.7. The van der Waals surface area contributed by atoms with E-state index in [9.17, 15) is 23.3 Å². The van der Waals surface area contributed by atoms with E-state index in [0.717, 1.165) is 0 Å². The first-order chi connectivity index (χ1) is 9.32. The van der Waals surface area contributed by atoms with E-state index in [2.05, 4.69) is 0 Å². The fourth-order valence-corrected chi connectivity index (χ4v) is 3.22. The van der Waals surface area contributed by atoms with E-state index in [1.807, 2.05) is 0 Å². The maximum Gasteiger partial charge on any atom is 0.304 e. The van der Waals surface area contributed by atoms with Crippen molar-refractivity contribution in [3.05, 3.63) is 33.9 Å².